The highest BCUT2D eigenvalue weighted by Crippen LogP contribution is 2.26. The van der Waals surface area contributed by atoms with Crippen molar-refractivity contribution in [1.82, 2.24) is 20.1 Å². The third-order valence-corrected chi connectivity index (χ3v) is 4.66. The van der Waals surface area contributed by atoms with Crippen molar-refractivity contribution in [3.63, 3.8) is 0 Å². The number of nitrogens with one attached hydrogen (secondary N) is 1. The van der Waals surface area contributed by atoms with E-state index in [4.69, 9.17) is 14.1 Å². The minimum Gasteiger partial charge on any atom is -0.497 e. The van der Waals surface area contributed by atoms with Gasteiger partial charge in [-0.1, -0.05) is 12.1 Å². The molecule has 0 atom stereocenters. The average molecular weight is 390 g/mol. The van der Waals surface area contributed by atoms with E-state index in [-0.39, 0.29) is 11.9 Å². The molecule has 1 N–H and O–H groups in total. The molecule has 0 unspecified atom stereocenters. The van der Waals surface area contributed by atoms with Crippen LogP contribution in [0.25, 0.3) is 22.5 Å². The van der Waals surface area contributed by atoms with Crippen LogP contribution < -0.4 is 10.1 Å². The van der Waals surface area contributed by atoms with Gasteiger partial charge in [0.25, 0.3) is 5.91 Å². The van der Waals surface area contributed by atoms with Crippen molar-refractivity contribution in [2.24, 2.45) is 0 Å². The van der Waals surface area contributed by atoms with Crippen molar-refractivity contribution < 1.29 is 13.9 Å². The van der Waals surface area contributed by atoms with Crippen molar-refractivity contribution in [1.29, 1.82) is 0 Å². The van der Waals surface area contributed by atoms with Gasteiger partial charge in [0.2, 0.25) is 0 Å². The number of fused-ring (bicyclic) bond motifs is 1. The molecule has 0 aliphatic carbocycles. The van der Waals surface area contributed by atoms with E-state index >= 15 is 0 Å². The Kier molecular flexibility index (Phi) is 5.03. The summed E-state index contributed by atoms with van der Waals surface area (Å²) in [6.07, 6.45) is 3.28. The third kappa shape index (κ3) is 3.71. The Hall–Kier alpha value is -3.61. The summed E-state index contributed by atoms with van der Waals surface area (Å²) in [5.41, 5.74) is 2.71. The first-order valence-electron chi connectivity index (χ1n) is 9.40. The second kappa shape index (κ2) is 7.79. The number of hydrogen-bond donors (Lipinski definition) is 1. The smallest absolute Gasteiger partial charge is 0.252 e. The van der Waals surface area contributed by atoms with Crippen LogP contribution in [0.2, 0.25) is 0 Å². The lowest BCUT2D eigenvalue weighted by Crippen LogP contribution is -2.23. The number of hydrogen-bond acceptors (Lipinski definition) is 5. The summed E-state index contributed by atoms with van der Waals surface area (Å²) in [5, 5.41) is 8.11. The second-order valence-electron chi connectivity index (χ2n) is 6.99. The SMILES string of the molecule is COc1cccc(CNC(=O)c2cc(-c3ccco3)nc3c2cnn3C(C)C)c1. The summed E-state index contributed by atoms with van der Waals surface area (Å²) in [6.45, 7) is 4.43. The van der Waals surface area contributed by atoms with E-state index in [9.17, 15) is 4.79 Å². The second-order valence-corrected chi connectivity index (χ2v) is 6.99. The Balaban J connectivity index is 1.70. The predicted octanol–water partition coefficient (Wildman–Crippen LogP) is 4.21. The maximum atomic E-state index is 13.0. The molecule has 148 valence electrons. The Bertz CT molecular complexity index is 1150. The fourth-order valence-corrected chi connectivity index (χ4v) is 3.19. The summed E-state index contributed by atoms with van der Waals surface area (Å²) in [5.74, 6) is 1.16. The number of carbonyl (C=O) groups is 1. The van der Waals surface area contributed by atoms with Gasteiger partial charge in [0.05, 0.1) is 30.5 Å². The largest absolute Gasteiger partial charge is 0.497 e. The number of nitrogens with zero attached hydrogens (tertiary/aromatic N) is 3. The van der Waals surface area contributed by atoms with Crippen molar-refractivity contribution in [2.75, 3.05) is 7.11 Å². The fraction of sp³-hybridized carbons (Fsp3) is 0.227. The molecule has 0 spiro atoms. The van der Waals surface area contributed by atoms with E-state index in [2.05, 4.69) is 10.4 Å². The number of pyridine rings is 1. The van der Waals surface area contributed by atoms with Crippen molar-refractivity contribution >= 4 is 16.9 Å². The van der Waals surface area contributed by atoms with Crippen LogP contribution in [-0.2, 0) is 6.54 Å². The van der Waals surface area contributed by atoms with Crippen LogP contribution >= 0.6 is 0 Å². The number of carbonyl (C=O) groups excluding carboxylic acids is 1. The zero-order valence-electron chi connectivity index (χ0n) is 16.5. The molecule has 3 aromatic heterocycles. The summed E-state index contributed by atoms with van der Waals surface area (Å²) in [7, 11) is 1.62. The van der Waals surface area contributed by atoms with Crippen LogP contribution in [0.1, 0.15) is 35.8 Å². The number of rotatable bonds is 6. The summed E-state index contributed by atoms with van der Waals surface area (Å²) < 4.78 is 12.5. The Labute approximate surface area is 168 Å². The van der Waals surface area contributed by atoms with Gasteiger partial charge in [0, 0.05) is 12.6 Å². The maximum Gasteiger partial charge on any atom is 0.252 e. The van der Waals surface area contributed by atoms with E-state index < -0.39 is 0 Å². The van der Waals surface area contributed by atoms with E-state index in [1.54, 1.807) is 36.4 Å². The average Bonchev–Trinajstić information content (AvgIpc) is 3.41. The first-order chi connectivity index (χ1) is 14.1. The molecule has 1 aromatic carbocycles. The molecular formula is C22H22N4O3. The molecule has 3 heterocycles. The van der Waals surface area contributed by atoms with Crippen LogP contribution in [0.4, 0.5) is 0 Å². The molecule has 0 saturated heterocycles. The van der Waals surface area contributed by atoms with E-state index in [0.717, 1.165) is 11.3 Å². The summed E-state index contributed by atoms with van der Waals surface area (Å²) in [6, 6.07) is 13.1. The van der Waals surface area contributed by atoms with Gasteiger partial charge in [-0.25, -0.2) is 9.67 Å². The molecule has 7 nitrogen and oxygen atoms in total. The van der Waals surface area contributed by atoms with Crippen molar-refractivity contribution in [2.45, 2.75) is 26.4 Å². The first kappa shape index (κ1) is 18.7. The molecule has 0 aliphatic rings. The Morgan fingerprint density at radius 1 is 1.24 bits per heavy atom. The van der Waals surface area contributed by atoms with Gasteiger partial charge in [0.1, 0.15) is 11.4 Å². The molecule has 0 radical (unpaired) electrons. The van der Waals surface area contributed by atoms with E-state index in [0.29, 0.717) is 34.6 Å². The lowest BCUT2D eigenvalue weighted by atomic mass is 10.1. The topological polar surface area (TPSA) is 82.2 Å². The van der Waals surface area contributed by atoms with Crippen LogP contribution in [-0.4, -0.2) is 27.8 Å². The predicted molar refractivity (Wildman–Crippen MR) is 110 cm³/mol. The van der Waals surface area contributed by atoms with Gasteiger partial charge in [-0.15, -0.1) is 0 Å². The first-order valence-corrected chi connectivity index (χ1v) is 9.40. The minimum absolute atomic E-state index is 0.111. The quantitative estimate of drug-likeness (QED) is 0.533. The molecular weight excluding hydrogens is 368 g/mol. The number of aromatic nitrogens is 3. The zero-order valence-corrected chi connectivity index (χ0v) is 16.5. The fourth-order valence-electron chi connectivity index (χ4n) is 3.19. The number of ether oxygens (including phenoxy) is 1. The molecule has 4 rings (SSSR count). The van der Waals surface area contributed by atoms with E-state index in [1.165, 1.54) is 0 Å². The Morgan fingerprint density at radius 3 is 2.83 bits per heavy atom. The minimum atomic E-state index is -0.198. The van der Waals surface area contributed by atoms with Gasteiger partial charge in [-0.3, -0.25) is 4.79 Å². The number of amides is 1. The molecule has 0 bridgehead atoms. The number of benzene rings is 1. The molecule has 1 amide bonds. The Morgan fingerprint density at radius 2 is 2.10 bits per heavy atom. The molecule has 0 aliphatic heterocycles. The molecule has 0 saturated carbocycles. The van der Waals surface area contributed by atoms with Gasteiger partial charge in [0.15, 0.2) is 11.4 Å². The van der Waals surface area contributed by atoms with Crippen LogP contribution in [0.15, 0.2) is 59.3 Å². The monoisotopic (exact) mass is 390 g/mol. The standard InChI is InChI=1S/C22H22N4O3/c1-14(2)26-21-18(13-24-26)17(11-19(25-21)20-8-5-9-29-20)22(27)23-12-15-6-4-7-16(10-15)28-3/h4-11,13-14H,12H2,1-3H3,(H,23,27). The number of furan rings is 1. The highest BCUT2D eigenvalue weighted by atomic mass is 16.5. The maximum absolute atomic E-state index is 13.0. The molecule has 0 fully saturated rings. The summed E-state index contributed by atoms with van der Waals surface area (Å²) >= 11 is 0. The molecule has 29 heavy (non-hydrogen) atoms. The highest BCUT2D eigenvalue weighted by Gasteiger charge is 2.19. The van der Waals surface area contributed by atoms with Gasteiger partial charge >= 0.3 is 0 Å². The van der Waals surface area contributed by atoms with Crippen LogP contribution in [0, 0.1) is 0 Å². The summed E-state index contributed by atoms with van der Waals surface area (Å²) in [4.78, 5) is 17.7. The van der Waals surface area contributed by atoms with Crippen molar-refractivity contribution in [3.8, 4) is 17.2 Å². The molecule has 7 heteroatoms. The van der Waals surface area contributed by atoms with Gasteiger partial charge in [-0.2, -0.15) is 5.10 Å². The number of methoxy groups -OCH3 is 1. The lowest BCUT2D eigenvalue weighted by Gasteiger charge is -2.10. The lowest BCUT2D eigenvalue weighted by molar-refractivity contribution is 0.0952. The third-order valence-electron chi connectivity index (χ3n) is 4.66. The zero-order chi connectivity index (χ0) is 20.4. The van der Waals surface area contributed by atoms with Gasteiger partial charge in [-0.05, 0) is 49.7 Å². The van der Waals surface area contributed by atoms with Crippen LogP contribution in [0.5, 0.6) is 5.75 Å². The van der Waals surface area contributed by atoms with Gasteiger partial charge < -0.3 is 14.5 Å². The van der Waals surface area contributed by atoms with E-state index in [1.807, 2.05) is 44.2 Å². The van der Waals surface area contributed by atoms with Crippen molar-refractivity contribution in [3.05, 3.63) is 66.1 Å². The normalized spacial score (nSPS) is 11.2. The molecule has 4 aromatic rings. The highest BCUT2D eigenvalue weighted by molar-refractivity contribution is 6.06. The van der Waals surface area contributed by atoms with Crippen LogP contribution in [0.3, 0.4) is 0 Å².